The Morgan fingerprint density at radius 1 is 1.24 bits per heavy atom. The summed E-state index contributed by atoms with van der Waals surface area (Å²) in [5.74, 6) is -2.27. The number of anilines is 1. The molecule has 1 heterocycles. The summed E-state index contributed by atoms with van der Waals surface area (Å²) < 4.78 is 29.7. The van der Waals surface area contributed by atoms with E-state index in [-0.39, 0.29) is 17.2 Å². The van der Waals surface area contributed by atoms with E-state index in [0.717, 1.165) is 28.4 Å². The molecule has 3 aromatic rings. The smallest absolute Gasteiger partial charge is 0.262 e. The highest BCUT2D eigenvalue weighted by Crippen LogP contribution is 2.23. The Balaban J connectivity index is 1.87. The van der Waals surface area contributed by atoms with Crippen LogP contribution in [0.4, 0.5) is 14.5 Å². The Bertz CT molecular complexity index is 1110. The highest BCUT2D eigenvalue weighted by Gasteiger charge is 2.16. The Kier molecular flexibility index (Phi) is 6.69. The normalized spacial score (nSPS) is 11.2. The minimum absolute atomic E-state index is 0.152. The summed E-state index contributed by atoms with van der Waals surface area (Å²) in [6.45, 7) is 4.37. The van der Waals surface area contributed by atoms with Gasteiger partial charge in [-0.3, -0.25) is 14.2 Å². The number of amides is 1. The van der Waals surface area contributed by atoms with Crippen LogP contribution in [-0.2, 0) is 11.3 Å². The summed E-state index contributed by atoms with van der Waals surface area (Å²) in [7, 11) is 0. The van der Waals surface area contributed by atoms with Gasteiger partial charge in [0.2, 0.25) is 5.91 Å². The topological polar surface area (TPSA) is 64.0 Å². The first-order valence-corrected chi connectivity index (χ1v) is 10.6. The molecule has 3 rings (SSSR count). The molecule has 0 fully saturated rings. The first-order valence-electron chi connectivity index (χ1n) is 8.83. The summed E-state index contributed by atoms with van der Waals surface area (Å²) in [5.41, 5.74) is -0.177. The van der Waals surface area contributed by atoms with E-state index in [2.05, 4.69) is 26.2 Å². The van der Waals surface area contributed by atoms with Gasteiger partial charge in [0.15, 0.2) is 5.16 Å². The summed E-state index contributed by atoms with van der Waals surface area (Å²) in [5, 5.41) is 3.09. The molecule has 1 N–H and O–H groups in total. The number of hydrogen-bond acceptors (Lipinski definition) is 4. The van der Waals surface area contributed by atoms with Crippen molar-refractivity contribution >= 4 is 50.2 Å². The molecule has 0 saturated heterocycles. The van der Waals surface area contributed by atoms with Crippen molar-refractivity contribution < 1.29 is 13.6 Å². The second-order valence-corrected chi connectivity index (χ2v) is 8.66. The molecule has 0 spiro atoms. The number of rotatable bonds is 6. The number of fused-ring (bicyclic) bond motifs is 1. The number of thioether (sulfide) groups is 1. The van der Waals surface area contributed by atoms with Gasteiger partial charge in [-0.25, -0.2) is 13.8 Å². The van der Waals surface area contributed by atoms with Crippen LogP contribution in [0.1, 0.15) is 13.8 Å². The van der Waals surface area contributed by atoms with Crippen LogP contribution in [0.3, 0.4) is 0 Å². The number of nitrogens with one attached hydrogen (secondary N) is 1. The summed E-state index contributed by atoms with van der Waals surface area (Å²) in [6.07, 6.45) is 0. The van der Waals surface area contributed by atoms with Crippen molar-refractivity contribution in [3.8, 4) is 0 Å². The number of carbonyl (C=O) groups excluding carboxylic acids is 1. The van der Waals surface area contributed by atoms with Crippen molar-refractivity contribution in [2.24, 2.45) is 5.92 Å². The fraction of sp³-hybridized carbons (Fsp3) is 0.250. The van der Waals surface area contributed by atoms with Crippen LogP contribution in [-0.4, -0.2) is 21.2 Å². The van der Waals surface area contributed by atoms with Gasteiger partial charge in [-0.1, -0.05) is 47.6 Å². The molecule has 0 saturated carbocycles. The summed E-state index contributed by atoms with van der Waals surface area (Å²) in [6, 6.07) is 8.56. The molecular formula is C20H18BrF2N3O2S. The Morgan fingerprint density at radius 3 is 2.59 bits per heavy atom. The maximum absolute atomic E-state index is 13.7. The molecule has 152 valence electrons. The quantitative estimate of drug-likeness (QED) is 0.404. The lowest BCUT2D eigenvalue weighted by Crippen LogP contribution is -2.26. The average molecular weight is 482 g/mol. The second kappa shape index (κ2) is 9.04. The van der Waals surface area contributed by atoms with Crippen molar-refractivity contribution in [2.75, 3.05) is 11.1 Å². The number of para-hydroxylation sites is 1. The van der Waals surface area contributed by atoms with Gasteiger partial charge in [-0.05, 0) is 36.2 Å². The van der Waals surface area contributed by atoms with Crippen LogP contribution in [0.15, 0.2) is 50.8 Å². The minimum Gasteiger partial charge on any atom is -0.320 e. The molecule has 1 aromatic heterocycles. The molecular weight excluding hydrogens is 464 g/mol. The van der Waals surface area contributed by atoms with E-state index in [1.807, 2.05) is 13.8 Å². The second-order valence-electron chi connectivity index (χ2n) is 6.80. The molecule has 0 aliphatic carbocycles. The number of carbonyl (C=O) groups is 1. The third-order valence-corrected chi connectivity index (χ3v) is 5.46. The van der Waals surface area contributed by atoms with Gasteiger partial charge in [0.1, 0.15) is 17.3 Å². The zero-order chi connectivity index (χ0) is 21.1. The maximum Gasteiger partial charge on any atom is 0.262 e. The Morgan fingerprint density at radius 2 is 1.93 bits per heavy atom. The van der Waals surface area contributed by atoms with Crippen LogP contribution in [0, 0.1) is 17.6 Å². The highest BCUT2D eigenvalue weighted by atomic mass is 79.9. The van der Waals surface area contributed by atoms with Crippen molar-refractivity contribution in [1.29, 1.82) is 0 Å². The predicted molar refractivity (Wildman–Crippen MR) is 114 cm³/mol. The first-order chi connectivity index (χ1) is 13.8. The molecule has 0 atom stereocenters. The fourth-order valence-corrected chi connectivity index (χ4v) is 3.90. The van der Waals surface area contributed by atoms with E-state index >= 15 is 0 Å². The zero-order valence-corrected chi connectivity index (χ0v) is 18.1. The van der Waals surface area contributed by atoms with Crippen molar-refractivity contribution in [2.45, 2.75) is 25.5 Å². The number of halogens is 3. The van der Waals surface area contributed by atoms with Gasteiger partial charge in [0, 0.05) is 11.0 Å². The van der Waals surface area contributed by atoms with Crippen LogP contribution in [0.5, 0.6) is 0 Å². The summed E-state index contributed by atoms with van der Waals surface area (Å²) >= 11 is 4.40. The Hall–Kier alpha value is -2.26. The first kappa shape index (κ1) is 21.4. The SMILES string of the molecule is CC(C)Cn1c(SCC(=O)Nc2c(F)cccc2F)nc2ccc(Br)cc2c1=O. The highest BCUT2D eigenvalue weighted by molar-refractivity contribution is 9.10. The molecule has 0 radical (unpaired) electrons. The van der Waals surface area contributed by atoms with E-state index in [1.165, 1.54) is 10.6 Å². The molecule has 9 heteroatoms. The lowest BCUT2D eigenvalue weighted by Gasteiger charge is -2.15. The third-order valence-electron chi connectivity index (χ3n) is 3.99. The summed E-state index contributed by atoms with van der Waals surface area (Å²) in [4.78, 5) is 29.7. The van der Waals surface area contributed by atoms with E-state index in [4.69, 9.17) is 0 Å². The Labute approximate surface area is 178 Å². The maximum atomic E-state index is 13.7. The van der Waals surface area contributed by atoms with Crippen LogP contribution in [0.25, 0.3) is 10.9 Å². The number of aromatic nitrogens is 2. The van der Waals surface area contributed by atoms with Gasteiger partial charge in [0.05, 0.1) is 16.7 Å². The minimum atomic E-state index is -0.852. The van der Waals surface area contributed by atoms with E-state index < -0.39 is 23.2 Å². The van der Waals surface area contributed by atoms with Gasteiger partial charge in [0.25, 0.3) is 5.56 Å². The molecule has 0 bridgehead atoms. The predicted octanol–water partition coefficient (Wildman–Crippen LogP) is 4.82. The largest absolute Gasteiger partial charge is 0.320 e. The molecule has 29 heavy (non-hydrogen) atoms. The number of benzene rings is 2. The van der Waals surface area contributed by atoms with E-state index in [0.29, 0.717) is 22.6 Å². The van der Waals surface area contributed by atoms with Gasteiger partial charge >= 0.3 is 0 Å². The van der Waals surface area contributed by atoms with Crippen molar-refractivity contribution in [1.82, 2.24) is 9.55 Å². The van der Waals surface area contributed by atoms with Gasteiger partial charge < -0.3 is 5.32 Å². The van der Waals surface area contributed by atoms with E-state index in [1.54, 1.807) is 18.2 Å². The van der Waals surface area contributed by atoms with Crippen LogP contribution >= 0.6 is 27.7 Å². The van der Waals surface area contributed by atoms with Crippen LogP contribution in [0.2, 0.25) is 0 Å². The van der Waals surface area contributed by atoms with Crippen LogP contribution < -0.4 is 10.9 Å². The van der Waals surface area contributed by atoms with Crippen molar-refractivity contribution in [3.63, 3.8) is 0 Å². The zero-order valence-electron chi connectivity index (χ0n) is 15.7. The standard InChI is InChI=1S/C20H18BrF2N3O2S/c1-11(2)9-26-19(28)13-8-12(21)6-7-16(13)24-20(26)29-10-17(27)25-18-14(22)4-3-5-15(18)23/h3-8,11H,9-10H2,1-2H3,(H,25,27). The number of hydrogen-bond donors (Lipinski definition) is 1. The third kappa shape index (κ3) is 5.02. The van der Waals surface area contributed by atoms with E-state index in [9.17, 15) is 18.4 Å². The lowest BCUT2D eigenvalue weighted by molar-refractivity contribution is -0.113. The molecule has 0 unspecified atom stereocenters. The molecule has 0 aliphatic heterocycles. The molecule has 0 aliphatic rings. The molecule has 2 aromatic carbocycles. The fourth-order valence-electron chi connectivity index (χ4n) is 2.73. The number of nitrogens with zero attached hydrogens (tertiary/aromatic N) is 2. The van der Waals surface area contributed by atoms with Gasteiger partial charge in [-0.2, -0.15) is 0 Å². The van der Waals surface area contributed by atoms with Gasteiger partial charge in [-0.15, -0.1) is 0 Å². The van der Waals surface area contributed by atoms with Crippen molar-refractivity contribution in [3.05, 3.63) is 62.9 Å². The molecule has 5 nitrogen and oxygen atoms in total. The lowest BCUT2D eigenvalue weighted by atomic mass is 10.2. The monoisotopic (exact) mass is 481 g/mol. The molecule has 1 amide bonds. The average Bonchev–Trinajstić information content (AvgIpc) is 2.66.